The van der Waals surface area contributed by atoms with Crippen LogP contribution in [0.4, 0.5) is 0 Å². The quantitative estimate of drug-likeness (QED) is 0.805. The van der Waals surface area contributed by atoms with E-state index in [2.05, 4.69) is 6.58 Å². The molecule has 2 aromatic rings. The normalized spacial score (nSPS) is 11.9. The minimum absolute atomic E-state index is 0.720. The van der Waals surface area contributed by atoms with Crippen molar-refractivity contribution in [1.29, 1.82) is 0 Å². The van der Waals surface area contributed by atoms with Crippen molar-refractivity contribution in [2.24, 2.45) is 5.73 Å². The van der Waals surface area contributed by atoms with Gasteiger partial charge in [-0.25, -0.2) is 0 Å². The Morgan fingerprint density at radius 1 is 1.40 bits per heavy atom. The van der Waals surface area contributed by atoms with Gasteiger partial charge in [0.1, 0.15) is 11.3 Å². The lowest BCUT2D eigenvalue weighted by Gasteiger charge is -1.91. The van der Waals surface area contributed by atoms with Crippen molar-refractivity contribution < 1.29 is 4.42 Å². The average molecular weight is 199 g/mol. The molecule has 0 saturated carbocycles. The summed E-state index contributed by atoms with van der Waals surface area (Å²) in [7, 11) is 0. The molecule has 2 rings (SSSR count). The highest BCUT2D eigenvalue weighted by Gasteiger charge is 2.08. The zero-order valence-electron chi connectivity index (χ0n) is 8.66. The molecule has 15 heavy (non-hydrogen) atoms. The van der Waals surface area contributed by atoms with E-state index in [1.54, 1.807) is 6.08 Å². The van der Waals surface area contributed by atoms with Gasteiger partial charge in [0.05, 0.1) is 0 Å². The van der Waals surface area contributed by atoms with Crippen LogP contribution in [-0.4, -0.2) is 0 Å². The minimum Gasteiger partial charge on any atom is -0.456 e. The van der Waals surface area contributed by atoms with Crippen LogP contribution in [0.3, 0.4) is 0 Å². The predicted octanol–water partition coefficient (Wildman–Crippen LogP) is 3.40. The van der Waals surface area contributed by atoms with Crippen LogP contribution in [0.1, 0.15) is 18.2 Å². The topological polar surface area (TPSA) is 39.2 Å². The number of hydrogen-bond acceptors (Lipinski definition) is 2. The lowest BCUT2D eigenvalue weighted by molar-refractivity contribution is 0.603. The van der Waals surface area contributed by atoms with E-state index in [9.17, 15) is 0 Å². The first kappa shape index (κ1) is 9.59. The molecule has 0 aliphatic carbocycles. The van der Waals surface area contributed by atoms with E-state index in [-0.39, 0.29) is 0 Å². The van der Waals surface area contributed by atoms with Gasteiger partial charge in [0.15, 0.2) is 0 Å². The second kappa shape index (κ2) is 3.65. The van der Waals surface area contributed by atoms with E-state index in [0.717, 1.165) is 28.0 Å². The summed E-state index contributed by atoms with van der Waals surface area (Å²) in [5.41, 5.74) is 8.21. The molecule has 1 heterocycles. The van der Waals surface area contributed by atoms with E-state index >= 15 is 0 Å². The van der Waals surface area contributed by atoms with Crippen molar-refractivity contribution in [3.63, 3.8) is 0 Å². The molecule has 0 fully saturated rings. The summed E-state index contributed by atoms with van der Waals surface area (Å²) in [6.07, 6.45) is 3.61. The second-order valence-electron chi connectivity index (χ2n) is 3.47. The fraction of sp³-hybridized carbons (Fsp3) is 0.0769. The molecule has 76 valence electrons. The van der Waals surface area contributed by atoms with Crippen LogP contribution in [0.2, 0.25) is 0 Å². The Balaban J connectivity index is 2.75. The van der Waals surface area contributed by atoms with Crippen LogP contribution >= 0.6 is 0 Å². The molecule has 0 aliphatic heterocycles. The van der Waals surface area contributed by atoms with Crippen LogP contribution in [-0.2, 0) is 0 Å². The standard InChI is InChI=1S/C13H13NO/c1-3-10-11-6-4-5-7-12(11)15-13(10)8-9(2)14/h3-8H,1,14H2,2H3/b9-8+. The molecule has 2 N–H and O–H groups in total. The molecule has 0 saturated heterocycles. The zero-order chi connectivity index (χ0) is 10.8. The van der Waals surface area contributed by atoms with Crippen LogP contribution in [0.15, 0.2) is 41.0 Å². The number of fused-ring (bicyclic) bond motifs is 1. The van der Waals surface area contributed by atoms with Gasteiger partial charge >= 0.3 is 0 Å². The van der Waals surface area contributed by atoms with Crippen molar-refractivity contribution in [3.8, 4) is 0 Å². The summed E-state index contributed by atoms with van der Waals surface area (Å²) in [5.74, 6) is 0.770. The smallest absolute Gasteiger partial charge is 0.137 e. The zero-order valence-corrected chi connectivity index (χ0v) is 8.66. The van der Waals surface area contributed by atoms with E-state index < -0.39 is 0 Å². The first-order valence-corrected chi connectivity index (χ1v) is 4.80. The Morgan fingerprint density at radius 2 is 2.13 bits per heavy atom. The van der Waals surface area contributed by atoms with Gasteiger partial charge in [-0.15, -0.1) is 0 Å². The maximum absolute atomic E-state index is 5.67. The molecule has 0 aliphatic rings. The SMILES string of the molecule is C=Cc1c(/C=C(\C)N)oc2ccccc12. The number of benzene rings is 1. The van der Waals surface area contributed by atoms with Crippen LogP contribution in [0, 0.1) is 0 Å². The monoisotopic (exact) mass is 199 g/mol. The number of hydrogen-bond donors (Lipinski definition) is 1. The molecular weight excluding hydrogens is 186 g/mol. The third-order valence-corrected chi connectivity index (χ3v) is 2.23. The van der Waals surface area contributed by atoms with Gasteiger partial charge in [-0.2, -0.15) is 0 Å². The van der Waals surface area contributed by atoms with E-state index in [1.165, 1.54) is 0 Å². The molecule has 0 bridgehead atoms. The summed E-state index contributed by atoms with van der Waals surface area (Å²) in [5, 5.41) is 1.07. The first-order valence-electron chi connectivity index (χ1n) is 4.80. The van der Waals surface area contributed by atoms with Crippen molar-refractivity contribution >= 4 is 23.1 Å². The molecule has 0 amide bonds. The molecular formula is C13H13NO. The second-order valence-corrected chi connectivity index (χ2v) is 3.47. The number of rotatable bonds is 2. The molecule has 0 unspecified atom stereocenters. The van der Waals surface area contributed by atoms with Crippen LogP contribution in [0.25, 0.3) is 23.1 Å². The van der Waals surface area contributed by atoms with Gasteiger partial charge in [0.25, 0.3) is 0 Å². The Kier molecular flexibility index (Phi) is 2.34. The van der Waals surface area contributed by atoms with Gasteiger partial charge in [-0.05, 0) is 19.1 Å². The summed E-state index contributed by atoms with van der Waals surface area (Å²) in [4.78, 5) is 0. The van der Waals surface area contributed by atoms with E-state index in [4.69, 9.17) is 10.2 Å². The Labute approximate surface area is 88.7 Å². The van der Waals surface area contributed by atoms with Gasteiger partial charge in [0, 0.05) is 16.6 Å². The first-order chi connectivity index (χ1) is 7.22. The summed E-state index contributed by atoms with van der Waals surface area (Å²) >= 11 is 0. The Morgan fingerprint density at radius 3 is 2.80 bits per heavy atom. The molecule has 1 aromatic carbocycles. The maximum Gasteiger partial charge on any atom is 0.137 e. The molecule has 1 aromatic heterocycles. The van der Waals surface area contributed by atoms with Crippen molar-refractivity contribution in [1.82, 2.24) is 0 Å². The lowest BCUT2D eigenvalue weighted by atomic mass is 10.1. The minimum atomic E-state index is 0.720. The highest BCUT2D eigenvalue weighted by atomic mass is 16.3. The van der Waals surface area contributed by atoms with Crippen LogP contribution in [0.5, 0.6) is 0 Å². The van der Waals surface area contributed by atoms with Crippen molar-refractivity contribution in [3.05, 3.63) is 47.9 Å². The Hall–Kier alpha value is -1.96. The van der Waals surface area contributed by atoms with Gasteiger partial charge in [-0.3, -0.25) is 0 Å². The van der Waals surface area contributed by atoms with Gasteiger partial charge in [-0.1, -0.05) is 30.9 Å². The molecule has 0 spiro atoms. The number of allylic oxidation sites excluding steroid dienone is 1. The fourth-order valence-corrected chi connectivity index (χ4v) is 1.61. The molecule has 0 atom stereocenters. The Bertz CT molecular complexity index is 530. The highest BCUT2D eigenvalue weighted by molar-refractivity contribution is 5.90. The molecule has 2 heteroatoms. The van der Waals surface area contributed by atoms with Gasteiger partial charge in [0.2, 0.25) is 0 Å². The molecule has 0 radical (unpaired) electrons. The van der Waals surface area contributed by atoms with E-state index in [1.807, 2.05) is 37.3 Å². The number of para-hydroxylation sites is 1. The van der Waals surface area contributed by atoms with E-state index in [0.29, 0.717) is 0 Å². The summed E-state index contributed by atoms with van der Waals surface area (Å²) in [6, 6.07) is 7.87. The third kappa shape index (κ3) is 1.66. The number of furan rings is 1. The maximum atomic E-state index is 5.67. The predicted molar refractivity (Wildman–Crippen MR) is 64.1 cm³/mol. The van der Waals surface area contributed by atoms with Crippen molar-refractivity contribution in [2.45, 2.75) is 6.92 Å². The third-order valence-electron chi connectivity index (χ3n) is 2.23. The number of nitrogens with two attached hydrogens (primary N) is 1. The largest absolute Gasteiger partial charge is 0.456 e. The lowest BCUT2D eigenvalue weighted by Crippen LogP contribution is -1.89. The summed E-state index contributed by atoms with van der Waals surface area (Å²) in [6.45, 7) is 5.62. The summed E-state index contributed by atoms with van der Waals surface area (Å²) < 4.78 is 5.67. The van der Waals surface area contributed by atoms with Gasteiger partial charge < -0.3 is 10.2 Å². The molecule has 2 nitrogen and oxygen atoms in total. The highest BCUT2D eigenvalue weighted by Crippen LogP contribution is 2.27. The average Bonchev–Trinajstić information content (AvgIpc) is 2.53. The van der Waals surface area contributed by atoms with Crippen LogP contribution < -0.4 is 5.73 Å². The van der Waals surface area contributed by atoms with Crippen molar-refractivity contribution in [2.75, 3.05) is 0 Å². The fourth-order valence-electron chi connectivity index (χ4n) is 1.61.